The van der Waals surface area contributed by atoms with Gasteiger partial charge in [0.1, 0.15) is 11.9 Å². The summed E-state index contributed by atoms with van der Waals surface area (Å²) in [5.74, 6) is 2.30. The number of hydrogen-bond donors (Lipinski definition) is 0. The number of hydrogen-bond acceptors (Lipinski definition) is 6. The van der Waals surface area contributed by atoms with Gasteiger partial charge >= 0.3 is 6.18 Å². The lowest BCUT2D eigenvalue weighted by Gasteiger charge is -2.58. The maximum atomic E-state index is 13.6. The van der Waals surface area contributed by atoms with Gasteiger partial charge in [-0.05, 0) is 49.6 Å². The molecule has 34 heavy (non-hydrogen) atoms. The van der Waals surface area contributed by atoms with Crippen LogP contribution in [0.4, 0.5) is 19.1 Å². The van der Waals surface area contributed by atoms with E-state index in [1.807, 2.05) is 10.6 Å². The Bertz CT molecular complexity index is 1220. The van der Waals surface area contributed by atoms with Crippen LogP contribution in [0.25, 0.3) is 5.69 Å². The molecule has 2 aliphatic heterocycles. The number of alkyl halides is 3. The number of fused-ring (bicyclic) bond motifs is 3. The highest BCUT2D eigenvalue weighted by molar-refractivity contribution is 6.30. The van der Waals surface area contributed by atoms with Gasteiger partial charge in [-0.15, -0.1) is 10.2 Å². The monoisotopic (exact) mass is 489 g/mol. The SMILES string of the molecule is CC(N1Cc2cc(Cl)ccc2-n2c(nnc2C2CC3(C2)CN(c2ncccn2)C3)C1)C(F)(F)F. The Kier molecular flexibility index (Phi) is 4.90. The zero-order valence-corrected chi connectivity index (χ0v) is 19.3. The van der Waals surface area contributed by atoms with E-state index in [4.69, 9.17) is 11.6 Å². The molecule has 6 rings (SSSR count). The van der Waals surface area contributed by atoms with Gasteiger partial charge in [-0.1, -0.05) is 11.6 Å². The molecule has 1 aromatic carbocycles. The van der Waals surface area contributed by atoms with E-state index >= 15 is 0 Å². The predicted octanol–water partition coefficient (Wildman–Crippen LogP) is 4.36. The highest BCUT2D eigenvalue weighted by Gasteiger charge is 2.55. The van der Waals surface area contributed by atoms with Gasteiger partial charge in [0, 0.05) is 48.4 Å². The highest BCUT2D eigenvalue weighted by atomic mass is 35.5. The maximum Gasteiger partial charge on any atom is 0.403 e. The minimum Gasteiger partial charge on any atom is -0.340 e. The van der Waals surface area contributed by atoms with Gasteiger partial charge in [0.15, 0.2) is 5.82 Å². The van der Waals surface area contributed by atoms with Crippen LogP contribution < -0.4 is 4.90 Å². The second-order valence-electron chi connectivity index (χ2n) is 9.72. The topological polar surface area (TPSA) is 63.0 Å². The standard InChI is InChI=1S/C23H23ClF3N7/c1-14(23(25,26)27)32-10-15-7-17(24)3-4-18(15)34-19(11-32)30-31-20(34)16-8-22(9-16)12-33(13-22)21-28-5-2-6-29-21/h2-7,14,16H,8-13H2,1H3. The van der Waals surface area contributed by atoms with Gasteiger partial charge in [-0.25, -0.2) is 9.97 Å². The molecule has 1 saturated heterocycles. The minimum atomic E-state index is -4.34. The fourth-order valence-corrected chi connectivity index (χ4v) is 5.78. The fourth-order valence-electron chi connectivity index (χ4n) is 5.58. The summed E-state index contributed by atoms with van der Waals surface area (Å²) < 4.78 is 42.6. The predicted molar refractivity (Wildman–Crippen MR) is 120 cm³/mol. The van der Waals surface area contributed by atoms with Crippen molar-refractivity contribution >= 4 is 17.5 Å². The van der Waals surface area contributed by atoms with E-state index < -0.39 is 12.2 Å². The zero-order valence-electron chi connectivity index (χ0n) is 18.5. The lowest BCUT2D eigenvalue weighted by atomic mass is 9.57. The number of anilines is 1. The summed E-state index contributed by atoms with van der Waals surface area (Å²) in [4.78, 5) is 12.2. The van der Waals surface area contributed by atoms with Gasteiger partial charge in [0.25, 0.3) is 0 Å². The van der Waals surface area contributed by atoms with E-state index in [0.29, 0.717) is 10.8 Å². The van der Waals surface area contributed by atoms with E-state index in [1.54, 1.807) is 30.6 Å². The highest BCUT2D eigenvalue weighted by Crippen LogP contribution is 2.56. The molecule has 0 bridgehead atoms. The molecule has 0 radical (unpaired) electrons. The summed E-state index contributed by atoms with van der Waals surface area (Å²) in [6.07, 6.45) is 1.07. The van der Waals surface area contributed by atoms with Crippen molar-refractivity contribution in [3.05, 3.63) is 58.9 Å². The summed E-state index contributed by atoms with van der Waals surface area (Å²) >= 11 is 6.22. The van der Waals surface area contributed by atoms with Crippen molar-refractivity contribution in [2.75, 3.05) is 18.0 Å². The lowest BCUT2D eigenvalue weighted by Crippen LogP contribution is -2.62. The zero-order chi connectivity index (χ0) is 23.7. The molecule has 1 aliphatic carbocycles. The van der Waals surface area contributed by atoms with Gasteiger partial charge in [-0.2, -0.15) is 13.2 Å². The molecule has 3 aliphatic rings. The smallest absolute Gasteiger partial charge is 0.340 e. The average Bonchev–Trinajstić information content (AvgIpc) is 3.06. The molecule has 1 spiro atoms. The maximum absolute atomic E-state index is 13.6. The molecule has 1 atom stereocenters. The first-order valence-corrected chi connectivity index (χ1v) is 11.7. The van der Waals surface area contributed by atoms with E-state index in [9.17, 15) is 13.2 Å². The van der Waals surface area contributed by atoms with Crippen molar-refractivity contribution in [3.8, 4) is 5.69 Å². The quantitative estimate of drug-likeness (QED) is 0.544. The first-order chi connectivity index (χ1) is 16.2. The number of halogens is 4. The van der Waals surface area contributed by atoms with Crippen LogP contribution in [-0.4, -0.2) is 54.9 Å². The van der Waals surface area contributed by atoms with Gasteiger partial charge in [-0.3, -0.25) is 9.47 Å². The van der Waals surface area contributed by atoms with Crippen molar-refractivity contribution in [1.82, 2.24) is 29.6 Å². The van der Waals surface area contributed by atoms with E-state index in [-0.39, 0.29) is 24.4 Å². The van der Waals surface area contributed by atoms with Gasteiger partial charge in [0.05, 0.1) is 12.2 Å². The number of nitrogens with zero attached hydrogens (tertiary/aromatic N) is 7. The number of rotatable bonds is 3. The molecule has 1 saturated carbocycles. The molecule has 3 aromatic rings. The van der Waals surface area contributed by atoms with Crippen LogP contribution >= 0.6 is 11.6 Å². The molecule has 178 valence electrons. The third kappa shape index (κ3) is 3.54. The van der Waals surface area contributed by atoms with E-state index in [2.05, 4.69) is 25.1 Å². The van der Waals surface area contributed by atoms with E-state index in [1.165, 1.54) is 11.8 Å². The van der Waals surface area contributed by atoms with Gasteiger partial charge < -0.3 is 4.90 Å². The third-order valence-corrected chi connectivity index (χ3v) is 7.62. The Morgan fingerprint density at radius 1 is 1.09 bits per heavy atom. The number of aromatic nitrogens is 5. The van der Waals surface area contributed by atoms with Crippen LogP contribution in [-0.2, 0) is 13.1 Å². The molecule has 2 fully saturated rings. The summed E-state index contributed by atoms with van der Waals surface area (Å²) in [5, 5.41) is 9.32. The van der Waals surface area contributed by atoms with Crippen LogP contribution in [0, 0.1) is 5.41 Å². The first kappa shape index (κ1) is 21.8. The normalized spacial score (nSPS) is 20.8. The molecule has 1 unspecified atom stereocenters. The molecule has 2 aromatic heterocycles. The van der Waals surface area contributed by atoms with Crippen molar-refractivity contribution < 1.29 is 13.2 Å². The van der Waals surface area contributed by atoms with Crippen molar-refractivity contribution in [2.24, 2.45) is 5.41 Å². The fraction of sp³-hybridized carbons (Fsp3) is 0.478. The molecule has 0 amide bonds. The van der Waals surface area contributed by atoms with Crippen LogP contribution in [0.5, 0.6) is 0 Å². The summed E-state index contributed by atoms with van der Waals surface area (Å²) in [7, 11) is 0. The van der Waals surface area contributed by atoms with Crippen LogP contribution in [0.3, 0.4) is 0 Å². The second kappa shape index (κ2) is 7.64. The Labute approximate surface area is 199 Å². The lowest BCUT2D eigenvalue weighted by molar-refractivity contribution is -0.182. The van der Waals surface area contributed by atoms with E-state index in [0.717, 1.165) is 49.0 Å². The third-order valence-electron chi connectivity index (χ3n) is 7.39. The molecular weight excluding hydrogens is 467 g/mol. The minimum absolute atomic E-state index is 0.0664. The van der Waals surface area contributed by atoms with Gasteiger partial charge in [0.2, 0.25) is 5.95 Å². The van der Waals surface area contributed by atoms with Crippen molar-refractivity contribution in [3.63, 3.8) is 0 Å². The number of benzene rings is 1. The molecule has 4 heterocycles. The van der Waals surface area contributed by atoms with Crippen molar-refractivity contribution in [1.29, 1.82) is 0 Å². The van der Waals surface area contributed by atoms with Crippen LogP contribution in [0.2, 0.25) is 5.02 Å². The van der Waals surface area contributed by atoms with Crippen LogP contribution in [0.15, 0.2) is 36.7 Å². The summed E-state index contributed by atoms with van der Waals surface area (Å²) in [6, 6.07) is 5.57. The Balaban J connectivity index is 1.27. The van der Waals surface area contributed by atoms with Crippen LogP contribution in [0.1, 0.15) is 42.9 Å². The average molecular weight is 490 g/mol. The summed E-state index contributed by atoms with van der Waals surface area (Å²) in [5.41, 5.74) is 1.76. The first-order valence-electron chi connectivity index (χ1n) is 11.3. The second-order valence-corrected chi connectivity index (χ2v) is 10.2. The molecule has 0 N–H and O–H groups in total. The molecule has 7 nitrogen and oxygen atoms in total. The largest absolute Gasteiger partial charge is 0.403 e. The molecule has 11 heteroatoms. The van der Waals surface area contributed by atoms with Crippen molar-refractivity contribution in [2.45, 2.75) is 51.0 Å². The molecular formula is C23H23ClF3N7. The Morgan fingerprint density at radius 2 is 1.82 bits per heavy atom. The Hall–Kier alpha value is -2.72. The summed E-state index contributed by atoms with van der Waals surface area (Å²) in [6.45, 7) is 3.19. The Morgan fingerprint density at radius 3 is 2.53 bits per heavy atom.